The topological polar surface area (TPSA) is 58.8 Å². The van der Waals surface area contributed by atoms with Crippen LogP contribution in [0.1, 0.15) is 16.1 Å². The summed E-state index contributed by atoms with van der Waals surface area (Å²) < 4.78 is 1.75. The second-order valence-corrected chi connectivity index (χ2v) is 5.24. The molecule has 0 unspecified atom stereocenters. The van der Waals surface area contributed by atoms with Crippen LogP contribution in [0.15, 0.2) is 53.9 Å². The number of hydrogen-bond donors (Lipinski definition) is 1. The van der Waals surface area contributed by atoms with Crippen molar-refractivity contribution in [3.8, 4) is 0 Å². The highest BCUT2D eigenvalue weighted by atomic mass is 35.5. The first-order valence-corrected chi connectivity index (χ1v) is 7.12. The van der Waals surface area contributed by atoms with E-state index in [1.807, 2.05) is 24.4 Å². The molecule has 0 aliphatic carbocycles. The van der Waals surface area contributed by atoms with Gasteiger partial charge in [-0.05, 0) is 24.3 Å². The molecule has 0 saturated carbocycles. The molecule has 1 N–H and O–H groups in total. The Bertz CT molecular complexity index is 820. The number of imidazole rings is 1. The van der Waals surface area contributed by atoms with Crippen molar-refractivity contribution in [1.82, 2.24) is 14.8 Å². The monoisotopic (exact) mass is 332 g/mol. The average Bonchev–Trinajstić information content (AvgIpc) is 2.94. The van der Waals surface area contributed by atoms with Gasteiger partial charge in [-0.2, -0.15) is 5.10 Å². The van der Waals surface area contributed by atoms with Crippen molar-refractivity contribution in [3.05, 3.63) is 70.1 Å². The molecule has 0 aliphatic heterocycles. The number of nitrogens with zero attached hydrogens (tertiary/aromatic N) is 3. The molecule has 0 bridgehead atoms. The molecule has 2 heterocycles. The second-order valence-electron chi connectivity index (χ2n) is 4.43. The minimum Gasteiger partial charge on any atom is -0.306 e. The van der Waals surface area contributed by atoms with E-state index in [-0.39, 0.29) is 5.69 Å². The minimum atomic E-state index is -0.414. The SMILES string of the molecule is O=C(N/N=C/c1c(Cl)cccc1Cl)c1cn2ccccc2n1. The molecule has 0 spiro atoms. The molecule has 110 valence electrons. The maximum Gasteiger partial charge on any atom is 0.291 e. The Morgan fingerprint density at radius 2 is 1.95 bits per heavy atom. The maximum absolute atomic E-state index is 12.0. The average molecular weight is 333 g/mol. The third kappa shape index (κ3) is 2.95. The van der Waals surface area contributed by atoms with E-state index < -0.39 is 5.91 Å². The van der Waals surface area contributed by atoms with Crippen molar-refractivity contribution in [3.63, 3.8) is 0 Å². The number of aromatic nitrogens is 2. The fourth-order valence-corrected chi connectivity index (χ4v) is 2.39. The quantitative estimate of drug-likeness (QED) is 0.590. The number of fused-ring (bicyclic) bond motifs is 1. The number of halogens is 2. The predicted octanol–water partition coefficient (Wildman–Crippen LogP) is 3.41. The van der Waals surface area contributed by atoms with Crippen LogP contribution in [0.3, 0.4) is 0 Å². The van der Waals surface area contributed by atoms with E-state index >= 15 is 0 Å². The molecule has 0 aliphatic rings. The highest BCUT2D eigenvalue weighted by Gasteiger charge is 2.09. The normalized spacial score (nSPS) is 11.2. The van der Waals surface area contributed by atoms with E-state index in [1.54, 1.807) is 28.8 Å². The van der Waals surface area contributed by atoms with Gasteiger partial charge in [-0.1, -0.05) is 35.3 Å². The molecule has 3 aromatic rings. The maximum atomic E-state index is 12.0. The van der Waals surface area contributed by atoms with E-state index in [0.717, 1.165) is 0 Å². The smallest absolute Gasteiger partial charge is 0.291 e. The summed E-state index contributed by atoms with van der Waals surface area (Å²) >= 11 is 12.0. The first-order valence-electron chi connectivity index (χ1n) is 6.36. The van der Waals surface area contributed by atoms with Crippen molar-refractivity contribution >= 4 is 41.0 Å². The van der Waals surface area contributed by atoms with Crippen LogP contribution in [0.4, 0.5) is 0 Å². The Labute approximate surface area is 136 Å². The number of rotatable bonds is 3. The lowest BCUT2D eigenvalue weighted by Gasteiger charge is -2.00. The van der Waals surface area contributed by atoms with E-state index in [9.17, 15) is 4.79 Å². The lowest BCUT2D eigenvalue weighted by Crippen LogP contribution is -2.18. The van der Waals surface area contributed by atoms with Gasteiger partial charge in [0.2, 0.25) is 0 Å². The van der Waals surface area contributed by atoms with Crippen LogP contribution in [0, 0.1) is 0 Å². The van der Waals surface area contributed by atoms with Gasteiger partial charge in [0.05, 0.1) is 16.3 Å². The first-order chi connectivity index (χ1) is 10.6. The first kappa shape index (κ1) is 14.6. The van der Waals surface area contributed by atoms with Crippen molar-refractivity contribution in [2.24, 2.45) is 5.10 Å². The zero-order valence-electron chi connectivity index (χ0n) is 11.2. The van der Waals surface area contributed by atoms with Crippen LogP contribution < -0.4 is 5.43 Å². The van der Waals surface area contributed by atoms with E-state index in [2.05, 4.69) is 15.5 Å². The van der Waals surface area contributed by atoms with E-state index in [1.165, 1.54) is 6.21 Å². The van der Waals surface area contributed by atoms with Gasteiger partial charge < -0.3 is 4.40 Å². The summed E-state index contributed by atoms with van der Waals surface area (Å²) in [4.78, 5) is 16.2. The zero-order valence-corrected chi connectivity index (χ0v) is 12.7. The van der Waals surface area contributed by atoms with Gasteiger partial charge in [0, 0.05) is 18.0 Å². The lowest BCUT2D eigenvalue weighted by molar-refractivity contribution is 0.0951. The van der Waals surface area contributed by atoms with E-state index in [4.69, 9.17) is 23.2 Å². The Balaban J connectivity index is 1.76. The third-order valence-electron chi connectivity index (χ3n) is 2.96. The highest BCUT2D eigenvalue weighted by Crippen LogP contribution is 2.21. The molecule has 5 nitrogen and oxygen atoms in total. The van der Waals surface area contributed by atoms with Crippen LogP contribution in [0.2, 0.25) is 10.0 Å². The number of nitrogens with one attached hydrogen (secondary N) is 1. The number of hydrogen-bond acceptors (Lipinski definition) is 3. The summed E-state index contributed by atoms with van der Waals surface area (Å²) in [5.74, 6) is -0.414. The minimum absolute atomic E-state index is 0.272. The standard InChI is InChI=1S/C15H10Cl2N4O/c16-11-4-3-5-12(17)10(11)8-18-20-15(22)13-9-21-7-2-1-6-14(21)19-13/h1-9H,(H,20,22)/b18-8+. The molecule has 2 aromatic heterocycles. The molecular formula is C15H10Cl2N4O. The molecule has 22 heavy (non-hydrogen) atoms. The fourth-order valence-electron chi connectivity index (χ4n) is 1.89. The summed E-state index contributed by atoms with van der Waals surface area (Å²) in [7, 11) is 0. The molecule has 3 rings (SSSR count). The number of amides is 1. The van der Waals surface area contributed by atoms with Gasteiger partial charge in [0.15, 0.2) is 0 Å². The zero-order chi connectivity index (χ0) is 15.5. The highest BCUT2D eigenvalue weighted by molar-refractivity contribution is 6.38. The van der Waals surface area contributed by atoms with Gasteiger partial charge in [0.25, 0.3) is 5.91 Å². The molecule has 7 heteroatoms. The summed E-state index contributed by atoms with van der Waals surface area (Å²) in [6.45, 7) is 0. The summed E-state index contributed by atoms with van der Waals surface area (Å²) in [6.07, 6.45) is 4.84. The van der Waals surface area contributed by atoms with Gasteiger partial charge in [0.1, 0.15) is 11.3 Å². The summed E-state index contributed by atoms with van der Waals surface area (Å²) in [5.41, 5.74) is 3.90. The molecule has 0 atom stereocenters. The molecule has 0 fully saturated rings. The van der Waals surface area contributed by atoms with Crippen LogP contribution >= 0.6 is 23.2 Å². The van der Waals surface area contributed by atoms with Crippen molar-refractivity contribution in [2.75, 3.05) is 0 Å². The largest absolute Gasteiger partial charge is 0.306 e. The van der Waals surface area contributed by atoms with Crippen molar-refractivity contribution in [1.29, 1.82) is 0 Å². The summed E-state index contributed by atoms with van der Waals surface area (Å²) in [6, 6.07) is 10.6. The predicted molar refractivity (Wildman–Crippen MR) is 86.7 cm³/mol. The number of carbonyl (C=O) groups excluding carboxylic acids is 1. The van der Waals surface area contributed by atoms with Crippen LogP contribution in [0.25, 0.3) is 5.65 Å². The fraction of sp³-hybridized carbons (Fsp3) is 0. The Morgan fingerprint density at radius 1 is 1.18 bits per heavy atom. The van der Waals surface area contributed by atoms with Crippen molar-refractivity contribution < 1.29 is 4.79 Å². The molecule has 0 radical (unpaired) electrons. The molecular weight excluding hydrogens is 323 g/mol. The molecule has 1 amide bonds. The van der Waals surface area contributed by atoms with Gasteiger partial charge >= 0.3 is 0 Å². The van der Waals surface area contributed by atoms with E-state index in [0.29, 0.717) is 21.3 Å². The Kier molecular flexibility index (Phi) is 4.09. The number of pyridine rings is 1. The Morgan fingerprint density at radius 3 is 2.68 bits per heavy atom. The van der Waals surface area contributed by atoms with Crippen LogP contribution in [0.5, 0.6) is 0 Å². The summed E-state index contributed by atoms with van der Waals surface area (Å²) in [5, 5.41) is 4.78. The second kappa shape index (κ2) is 6.17. The number of hydrazone groups is 1. The number of benzene rings is 1. The van der Waals surface area contributed by atoms with Crippen molar-refractivity contribution in [2.45, 2.75) is 0 Å². The third-order valence-corrected chi connectivity index (χ3v) is 3.62. The van der Waals surface area contributed by atoms with Gasteiger partial charge in [-0.25, -0.2) is 10.4 Å². The Hall–Kier alpha value is -2.37. The lowest BCUT2D eigenvalue weighted by atomic mass is 10.2. The van der Waals surface area contributed by atoms with Crippen LogP contribution in [-0.4, -0.2) is 21.5 Å². The molecule has 0 saturated heterocycles. The number of carbonyl (C=O) groups is 1. The van der Waals surface area contributed by atoms with Gasteiger partial charge in [-0.15, -0.1) is 0 Å². The molecule has 1 aromatic carbocycles. The van der Waals surface area contributed by atoms with Crippen LogP contribution in [-0.2, 0) is 0 Å². The van der Waals surface area contributed by atoms with Gasteiger partial charge in [-0.3, -0.25) is 4.79 Å².